The Bertz CT molecular complexity index is 301. The fourth-order valence-electron chi connectivity index (χ4n) is 0.756. The molecule has 0 saturated heterocycles. The maximum atomic E-state index is 13.2. The minimum absolute atomic E-state index is 1.65. The summed E-state index contributed by atoms with van der Waals surface area (Å²) in [5.41, 5.74) is -4.87. The number of rotatable bonds is 3. The van der Waals surface area contributed by atoms with Gasteiger partial charge in [-0.1, -0.05) is 22.5 Å². The van der Waals surface area contributed by atoms with Crippen LogP contribution in [-0.2, 0) is 0 Å². The standard InChI is InChI=1S/C7H4BrF9/c1-3(8)4(9,6(12,13)14)2-5(10,11)7(15,16)17/h1-2H2/t4-/m1/s1. The molecule has 0 aliphatic heterocycles. The van der Waals surface area contributed by atoms with E-state index in [1.807, 2.05) is 15.9 Å². The van der Waals surface area contributed by atoms with Crippen LogP contribution in [0.15, 0.2) is 11.1 Å². The smallest absolute Gasteiger partial charge is 0.228 e. The number of hydrogen-bond acceptors (Lipinski definition) is 0. The fourth-order valence-corrected chi connectivity index (χ4v) is 1.12. The first kappa shape index (κ1) is 16.6. The average Bonchev–Trinajstić information content (AvgIpc) is 1.98. The summed E-state index contributed by atoms with van der Waals surface area (Å²) in [6, 6.07) is 0. The molecule has 0 aromatic heterocycles. The predicted octanol–water partition coefficient (Wildman–Crippen LogP) is 4.75. The van der Waals surface area contributed by atoms with Crippen molar-refractivity contribution in [3.63, 3.8) is 0 Å². The fraction of sp³-hybridized carbons (Fsp3) is 0.714. The van der Waals surface area contributed by atoms with Crippen LogP contribution in [0.2, 0.25) is 0 Å². The number of alkyl halides is 9. The van der Waals surface area contributed by atoms with Crippen LogP contribution in [0.5, 0.6) is 0 Å². The molecule has 17 heavy (non-hydrogen) atoms. The minimum Gasteiger partial charge on any atom is -0.228 e. The molecule has 0 heterocycles. The van der Waals surface area contributed by atoms with Gasteiger partial charge in [-0.2, -0.15) is 35.1 Å². The van der Waals surface area contributed by atoms with Gasteiger partial charge in [-0.15, -0.1) is 0 Å². The van der Waals surface area contributed by atoms with E-state index in [4.69, 9.17) is 0 Å². The SMILES string of the molecule is C=C(Br)[C@](F)(CC(F)(F)C(F)(F)F)C(F)(F)F. The molecule has 0 aromatic carbocycles. The van der Waals surface area contributed by atoms with Crippen LogP contribution in [0.25, 0.3) is 0 Å². The van der Waals surface area contributed by atoms with Crippen LogP contribution >= 0.6 is 15.9 Å². The summed E-state index contributed by atoms with van der Waals surface area (Å²) >= 11 is 1.86. The molecule has 0 fully saturated rings. The molecular formula is C7H4BrF9. The summed E-state index contributed by atoms with van der Waals surface area (Å²) in [5.74, 6) is -5.83. The highest BCUT2D eigenvalue weighted by Crippen LogP contribution is 2.51. The molecule has 0 bridgehead atoms. The third-order valence-corrected chi connectivity index (χ3v) is 2.39. The van der Waals surface area contributed by atoms with Gasteiger partial charge in [-0.25, -0.2) is 4.39 Å². The van der Waals surface area contributed by atoms with Gasteiger partial charge in [0.1, 0.15) is 0 Å². The van der Waals surface area contributed by atoms with E-state index in [1.54, 1.807) is 0 Å². The van der Waals surface area contributed by atoms with Crippen molar-refractivity contribution in [3.05, 3.63) is 11.1 Å². The molecule has 0 nitrogen and oxygen atoms in total. The molecule has 0 unspecified atom stereocenters. The monoisotopic (exact) mass is 338 g/mol. The molecule has 0 saturated carbocycles. The molecule has 0 amide bonds. The summed E-state index contributed by atoms with van der Waals surface area (Å²) < 4.78 is 108. The van der Waals surface area contributed by atoms with Crippen LogP contribution in [0.4, 0.5) is 39.5 Å². The normalized spacial score (nSPS) is 17.8. The zero-order valence-corrected chi connectivity index (χ0v) is 9.28. The van der Waals surface area contributed by atoms with Crippen molar-refractivity contribution >= 4 is 15.9 Å². The van der Waals surface area contributed by atoms with E-state index >= 15 is 0 Å². The summed E-state index contributed by atoms with van der Waals surface area (Å²) in [4.78, 5) is 0. The highest BCUT2D eigenvalue weighted by Gasteiger charge is 2.68. The molecule has 102 valence electrons. The van der Waals surface area contributed by atoms with Gasteiger partial charge in [0.2, 0.25) is 5.67 Å². The second-order valence-corrected chi connectivity index (χ2v) is 4.04. The topological polar surface area (TPSA) is 0 Å². The highest BCUT2D eigenvalue weighted by molar-refractivity contribution is 9.11. The Morgan fingerprint density at radius 2 is 1.18 bits per heavy atom. The maximum Gasteiger partial charge on any atom is 0.453 e. The first-order chi connectivity index (χ1) is 7.15. The molecular weight excluding hydrogens is 335 g/mol. The maximum absolute atomic E-state index is 13.2. The van der Waals surface area contributed by atoms with Crippen LogP contribution in [0.3, 0.4) is 0 Å². The first-order valence-electron chi connectivity index (χ1n) is 3.70. The van der Waals surface area contributed by atoms with Gasteiger partial charge in [0.15, 0.2) is 0 Å². The average molecular weight is 339 g/mol. The Hall–Kier alpha value is -0.410. The van der Waals surface area contributed by atoms with Crippen molar-refractivity contribution < 1.29 is 39.5 Å². The Morgan fingerprint density at radius 3 is 1.35 bits per heavy atom. The van der Waals surface area contributed by atoms with Crippen molar-refractivity contribution in [2.75, 3.05) is 0 Å². The van der Waals surface area contributed by atoms with E-state index in [0.717, 1.165) is 0 Å². The van der Waals surface area contributed by atoms with Gasteiger partial charge >= 0.3 is 18.3 Å². The van der Waals surface area contributed by atoms with Crippen molar-refractivity contribution in [2.45, 2.75) is 30.4 Å². The van der Waals surface area contributed by atoms with Crippen molar-refractivity contribution in [1.82, 2.24) is 0 Å². The van der Waals surface area contributed by atoms with Crippen molar-refractivity contribution in [1.29, 1.82) is 0 Å². The quantitative estimate of drug-likeness (QED) is 0.651. The molecule has 0 radical (unpaired) electrons. The molecule has 1 atom stereocenters. The minimum atomic E-state index is -6.28. The van der Waals surface area contributed by atoms with Crippen LogP contribution in [0, 0.1) is 0 Å². The van der Waals surface area contributed by atoms with Crippen LogP contribution in [0.1, 0.15) is 6.42 Å². The highest BCUT2D eigenvalue weighted by atomic mass is 79.9. The molecule has 0 aliphatic rings. The van der Waals surface area contributed by atoms with E-state index in [1.165, 1.54) is 0 Å². The molecule has 0 rings (SSSR count). The zero-order valence-electron chi connectivity index (χ0n) is 7.69. The zero-order chi connectivity index (χ0) is 14.3. The van der Waals surface area contributed by atoms with Gasteiger partial charge in [0.25, 0.3) is 0 Å². The predicted molar refractivity (Wildman–Crippen MR) is 43.6 cm³/mol. The Kier molecular flexibility index (Phi) is 4.25. The summed E-state index contributed by atoms with van der Waals surface area (Å²) in [6.07, 6.45) is -15.3. The summed E-state index contributed by atoms with van der Waals surface area (Å²) in [5, 5.41) is 0. The summed E-state index contributed by atoms with van der Waals surface area (Å²) in [7, 11) is 0. The lowest BCUT2D eigenvalue weighted by atomic mass is 9.96. The van der Waals surface area contributed by atoms with Gasteiger partial charge in [-0.3, -0.25) is 0 Å². The third kappa shape index (κ3) is 3.29. The Labute approximate surface area is 97.6 Å². The van der Waals surface area contributed by atoms with Gasteiger partial charge in [-0.05, 0) is 0 Å². The largest absolute Gasteiger partial charge is 0.453 e. The Morgan fingerprint density at radius 1 is 0.824 bits per heavy atom. The van der Waals surface area contributed by atoms with Crippen molar-refractivity contribution in [3.8, 4) is 0 Å². The van der Waals surface area contributed by atoms with E-state index in [2.05, 4.69) is 6.58 Å². The molecule has 0 aromatic rings. The molecule has 10 heteroatoms. The second-order valence-electron chi connectivity index (χ2n) is 3.08. The van der Waals surface area contributed by atoms with Gasteiger partial charge in [0.05, 0.1) is 6.42 Å². The molecule has 0 N–H and O–H groups in total. The lowest BCUT2D eigenvalue weighted by Crippen LogP contribution is -2.50. The first-order valence-corrected chi connectivity index (χ1v) is 4.49. The van der Waals surface area contributed by atoms with Crippen LogP contribution in [-0.4, -0.2) is 23.9 Å². The second kappa shape index (κ2) is 4.36. The van der Waals surface area contributed by atoms with E-state index in [0.29, 0.717) is 0 Å². The number of halogens is 10. The van der Waals surface area contributed by atoms with E-state index < -0.39 is 34.8 Å². The number of hydrogen-bond donors (Lipinski definition) is 0. The lowest BCUT2D eigenvalue weighted by molar-refractivity contribution is -0.310. The molecule has 0 spiro atoms. The van der Waals surface area contributed by atoms with E-state index in [9.17, 15) is 39.5 Å². The lowest BCUT2D eigenvalue weighted by Gasteiger charge is -2.31. The Balaban J connectivity index is 5.39. The third-order valence-electron chi connectivity index (χ3n) is 1.76. The van der Waals surface area contributed by atoms with Gasteiger partial charge < -0.3 is 0 Å². The summed E-state index contributed by atoms with van der Waals surface area (Å²) in [6.45, 7) is 2.38. The molecule has 0 aliphatic carbocycles. The van der Waals surface area contributed by atoms with Crippen molar-refractivity contribution in [2.24, 2.45) is 0 Å². The van der Waals surface area contributed by atoms with Crippen LogP contribution < -0.4 is 0 Å². The number of allylic oxidation sites excluding steroid dienone is 1. The van der Waals surface area contributed by atoms with Gasteiger partial charge in [0, 0.05) is 4.48 Å². The van der Waals surface area contributed by atoms with E-state index in [-0.39, 0.29) is 0 Å².